The number of nitrogens with one attached hydrogen (secondary N) is 1. The molecule has 37 heavy (non-hydrogen) atoms. The number of hydrogen-bond acceptors (Lipinski definition) is 4. The van der Waals surface area contributed by atoms with E-state index in [1.165, 1.54) is 57.4 Å². The smallest absolute Gasteiger partial charge is 0.337 e. The number of anilines is 4. The molecule has 0 amide bonds. The number of hydrogen-bond donors (Lipinski definition) is 2. The predicted molar refractivity (Wildman–Crippen MR) is 149 cm³/mol. The summed E-state index contributed by atoms with van der Waals surface area (Å²) in [4.78, 5) is 14.0. The minimum Gasteiger partial charge on any atom is -0.497 e. The van der Waals surface area contributed by atoms with Crippen molar-refractivity contribution < 1.29 is 14.6 Å². The molecule has 0 saturated heterocycles. The molecule has 0 spiro atoms. The van der Waals surface area contributed by atoms with E-state index in [9.17, 15) is 9.90 Å². The maximum Gasteiger partial charge on any atom is 0.337 e. The summed E-state index contributed by atoms with van der Waals surface area (Å²) in [5.74, 6) is 2.38. The second-order valence-electron chi connectivity index (χ2n) is 11.6. The normalized spacial score (nSPS) is 25.6. The second kappa shape index (κ2) is 9.13. The highest BCUT2D eigenvalue weighted by atomic mass is 16.5. The molecule has 3 aromatic carbocycles. The van der Waals surface area contributed by atoms with Crippen molar-refractivity contribution in [2.24, 2.45) is 17.8 Å². The molecule has 4 fully saturated rings. The van der Waals surface area contributed by atoms with Crippen LogP contribution >= 0.6 is 0 Å². The van der Waals surface area contributed by atoms with Crippen molar-refractivity contribution >= 4 is 28.7 Å². The summed E-state index contributed by atoms with van der Waals surface area (Å²) < 4.78 is 5.19. The van der Waals surface area contributed by atoms with Gasteiger partial charge >= 0.3 is 5.97 Å². The van der Waals surface area contributed by atoms with Gasteiger partial charge in [-0.05, 0) is 128 Å². The largest absolute Gasteiger partial charge is 0.497 e. The molecule has 0 aromatic heterocycles. The van der Waals surface area contributed by atoms with Crippen molar-refractivity contribution in [3.05, 3.63) is 77.4 Å². The van der Waals surface area contributed by atoms with E-state index in [4.69, 9.17) is 4.74 Å². The Balaban J connectivity index is 1.20. The van der Waals surface area contributed by atoms with Crippen LogP contribution in [0, 0.1) is 24.7 Å². The van der Waals surface area contributed by atoms with E-state index >= 15 is 0 Å². The minimum atomic E-state index is -0.993. The van der Waals surface area contributed by atoms with E-state index in [-0.39, 0.29) is 5.56 Å². The number of nitrogens with zero attached hydrogens (tertiary/aromatic N) is 1. The van der Waals surface area contributed by atoms with Gasteiger partial charge in [-0.3, -0.25) is 0 Å². The van der Waals surface area contributed by atoms with Crippen molar-refractivity contribution in [2.45, 2.75) is 50.9 Å². The maximum absolute atomic E-state index is 11.8. The Hall–Kier alpha value is -3.47. The molecule has 0 aliphatic heterocycles. The molecule has 5 nitrogen and oxygen atoms in total. The van der Waals surface area contributed by atoms with Gasteiger partial charge in [0.25, 0.3) is 0 Å². The van der Waals surface area contributed by atoms with Crippen LogP contribution < -0.4 is 15.0 Å². The lowest BCUT2D eigenvalue weighted by molar-refractivity contribution is -0.00518. The lowest BCUT2D eigenvalue weighted by Gasteiger charge is -2.57. The molecule has 192 valence electrons. The van der Waals surface area contributed by atoms with Crippen LogP contribution in [0.3, 0.4) is 0 Å². The first-order valence-corrected chi connectivity index (χ1v) is 13.5. The fourth-order valence-electron chi connectivity index (χ4n) is 7.73. The Kier molecular flexibility index (Phi) is 5.89. The van der Waals surface area contributed by atoms with Crippen molar-refractivity contribution in [3.8, 4) is 5.75 Å². The summed E-state index contributed by atoms with van der Waals surface area (Å²) in [5.41, 5.74) is 6.89. The van der Waals surface area contributed by atoms with Gasteiger partial charge in [0.15, 0.2) is 0 Å². The standard InChI is InChI=1S/C32H36N2O3/c1-20-12-26(8-10-29(20)33-30-11-9-27(37-3)16-28(30)31(35)36)34(2)25-6-4-24(5-7-25)32-17-21-13-22(18-32)15-23(14-21)19-32/h4-12,16,21-23,33H,13-15,17-19H2,1-3H3,(H,35,36). The predicted octanol–water partition coefficient (Wildman–Crippen LogP) is 7.68. The van der Waals surface area contributed by atoms with E-state index in [1.54, 1.807) is 17.7 Å². The molecule has 0 unspecified atom stereocenters. The molecule has 7 rings (SSSR count). The molecule has 4 saturated carbocycles. The van der Waals surface area contributed by atoms with Gasteiger partial charge in [-0.1, -0.05) is 12.1 Å². The minimum absolute atomic E-state index is 0.180. The Morgan fingerprint density at radius 2 is 1.49 bits per heavy atom. The van der Waals surface area contributed by atoms with Gasteiger partial charge in [0, 0.05) is 24.1 Å². The van der Waals surface area contributed by atoms with Crippen LogP contribution in [-0.2, 0) is 5.41 Å². The van der Waals surface area contributed by atoms with Gasteiger partial charge in [-0.15, -0.1) is 0 Å². The van der Waals surface area contributed by atoms with Crippen LogP contribution in [0.5, 0.6) is 5.75 Å². The van der Waals surface area contributed by atoms with Gasteiger partial charge in [0.1, 0.15) is 5.75 Å². The van der Waals surface area contributed by atoms with Crippen LogP contribution in [0.1, 0.15) is 60.0 Å². The third-order valence-electron chi connectivity index (χ3n) is 9.23. The summed E-state index contributed by atoms with van der Waals surface area (Å²) in [6, 6.07) is 20.6. The highest BCUT2D eigenvalue weighted by Gasteiger charge is 2.51. The molecule has 4 aliphatic carbocycles. The third-order valence-corrected chi connectivity index (χ3v) is 9.23. The highest BCUT2D eigenvalue weighted by Crippen LogP contribution is 2.60. The number of rotatable bonds is 7. The molecular formula is C32H36N2O3. The van der Waals surface area contributed by atoms with Crippen molar-refractivity contribution in [3.63, 3.8) is 0 Å². The molecule has 4 aliphatic rings. The Morgan fingerprint density at radius 1 is 0.892 bits per heavy atom. The number of carboxylic acid groups (broad SMARTS) is 1. The molecule has 2 N–H and O–H groups in total. The first-order valence-electron chi connectivity index (χ1n) is 13.5. The zero-order chi connectivity index (χ0) is 25.7. The number of benzene rings is 3. The van der Waals surface area contributed by atoms with E-state index in [0.717, 1.165) is 34.7 Å². The molecule has 4 bridgehead atoms. The van der Waals surface area contributed by atoms with E-state index in [1.807, 2.05) is 13.0 Å². The fraction of sp³-hybridized carbons (Fsp3) is 0.406. The average Bonchev–Trinajstić information content (AvgIpc) is 2.89. The molecule has 0 atom stereocenters. The van der Waals surface area contributed by atoms with Crippen LogP contribution in [0.4, 0.5) is 22.7 Å². The van der Waals surface area contributed by atoms with E-state index in [0.29, 0.717) is 16.9 Å². The van der Waals surface area contributed by atoms with Crippen molar-refractivity contribution in [2.75, 3.05) is 24.4 Å². The quantitative estimate of drug-likeness (QED) is 0.351. The fourth-order valence-corrected chi connectivity index (χ4v) is 7.73. The summed E-state index contributed by atoms with van der Waals surface area (Å²) in [7, 11) is 3.64. The van der Waals surface area contributed by atoms with Crippen LogP contribution in [0.2, 0.25) is 0 Å². The topological polar surface area (TPSA) is 61.8 Å². The third kappa shape index (κ3) is 4.35. The summed E-state index contributed by atoms with van der Waals surface area (Å²) in [5, 5.41) is 12.9. The number of aryl methyl sites for hydroxylation is 1. The molecule has 3 aromatic rings. The second-order valence-corrected chi connectivity index (χ2v) is 11.6. The zero-order valence-electron chi connectivity index (χ0n) is 22.0. The van der Waals surface area contributed by atoms with Crippen molar-refractivity contribution in [1.82, 2.24) is 0 Å². The van der Waals surface area contributed by atoms with Gasteiger partial charge in [0.2, 0.25) is 0 Å². The molecule has 0 radical (unpaired) electrons. The Morgan fingerprint density at radius 3 is 2.05 bits per heavy atom. The average molecular weight is 497 g/mol. The summed E-state index contributed by atoms with van der Waals surface area (Å²) >= 11 is 0. The number of ether oxygens (including phenoxy) is 1. The SMILES string of the molecule is COc1ccc(Nc2ccc(N(C)c3ccc(C45CC6CC(CC(C6)C4)C5)cc3)cc2C)c(C(=O)O)c1. The van der Waals surface area contributed by atoms with E-state index in [2.05, 4.69) is 53.7 Å². The molecular weight excluding hydrogens is 460 g/mol. The Bertz CT molecular complexity index is 1300. The zero-order valence-corrected chi connectivity index (χ0v) is 22.0. The Labute approximate surface area is 219 Å². The van der Waals surface area contributed by atoms with Crippen LogP contribution in [0.25, 0.3) is 0 Å². The first kappa shape index (κ1) is 23.9. The van der Waals surface area contributed by atoms with Gasteiger partial charge in [-0.25, -0.2) is 4.79 Å². The van der Waals surface area contributed by atoms with Crippen LogP contribution in [0.15, 0.2) is 60.7 Å². The lowest BCUT2D eigenvalue weighted by atomic mass is 9.48. The maximum atomic E-state index is 11.8. The van der Waals surface area contributed by atoms with E-state index < -0.39 is 5.97 Å². The molecule has 5 heteroatoms. The van der Waals surface area contributed by atoms with Crippen LogP contribution in [-0.4, -0.2) is 25.2 Å². The lowest BCUT2D eigenvalue weighted by Crippen LogP contribution is -2.48. The van der Waals surface area contributed by atoms with Gasteiger partial charge in [0.05, 0.1) is 18.4 Å². The number of carboxylic acids is 1. The first-order chi connectivity index (χ1) is 17.8. The highest BCUT2D eigenvalue weighted by molar-refractivity contribution is 5.96. The number of carbonyl (C=O) groups is 1. The summed E-state index contributed by atoms with van der Waals surface area (Å²) in [6.45, 7) is 2.04. The number of methoxy groups -OCH3 is 1. The number of aromatic carboxylic acids is 1. The molecule has 0 heterocycles. The monoisotopic (exact) mass is 496 g/mol. The van der Waals surface area contributed by atoms with Gasteiger partial charge < -0.3 is 20.1 Å². The summed E-state index contributed by atoms with van der Waals surface area (Å²) in [6.07, 6.45) is 8.58. The van der Waals surface area contributed by atoms with Crippen molar-refractivity contribution in [1.29, 1.82) is 0 Å². The van der Waals surface area contributed by atoms with Gasteiger partial charge in [-0.2, -0.15) is 0 Å².